The summed E-state index contributed by atoms with van der Waals surface area (Å²) in [7, 11) is 0. The normalized spacial score (nSPS) is 10.6. The van der Waals surface area contributed by atoms with Gasteiger partial charge in [0.2, 0.25) is 5.88 Å². The van der Waals surface area contributed by atoms with Crippen molar-refractivity contribution >= 4 is 11.6 Å². The largest absolute Gasteiger partial charge is 0.439 e. The van der Waals surface area contributed by atoms with Crippen molar-refractivity contribution in [1.29, 1.82) is 0 Å². The second-order valence-corrected chi connectivity index (χ2v) is 4.97. The number of hydrogen-bond acceptors (Lipinski definition) is 4. The second-order valence-electron chi connectivity index (χ2n) is 4.58. The molecule has 0 atom stereocenters. The van der Waals surface area contributed by atoms with Gasteiger partial charge in [-0.1, -0.05) is 37.1 Å². The molecule has 0 bridgehead atoms. The third-order valence-corrected chi connectivity index (χ3v) is 3.03. The number of nitrogens with zero attached hydrogens (tertiary/aromatic N) is 2. The van der Waals surface area contributed by atoms with Crippen LogP contribution in [0.3, 0.4) is 0 Å². The monoisotopic (exact) mass is 306 g/mol. The minimum absolute atomic E-state index is 0.322. The third-order valence-electron chi connectivity index (χ3n) is 2.84. The van der Waals surface area contributed by atoms with Gasteiger partial charge in [-0.2, -0.15) is 4.98 Å². The molecule has 1 heterocycles. The second kappa shape index (κ2) is 7.96. The summed E-state index contributed by atoms with van der Waals surface area (Å²) in [5.74, 6) is 1.67. The van der Waals surface area contributed by atoms with Gasteiger partial charge in [0.15, 0.2) is 5.82 Å². The maximum absolute atomic E-state index is 5.97. The predicted octanol–water partition coefficient (Wildman–Crippen LogP) is 4.41. The van der Waals surface area contributed by atoms with E-state index in [2.05, 4.69) is 29.0 Å². The summed E-state index contributed by atoms with van der Waals surface area (Å²) in [6.07, 6.45) is 2.20. The molecule has 2 rings (SSSR count). The molecule has 0 radical (unpaired) electrons. The zero-order valence-corrected chi connectivity index (χ0v) is 13.1. The Labute approximate surface area is 130 Å². The fourth-order valence-corrected chi connectivity index (χ4v) is 2.08. The molecular formula is C16H19ClN2O2. The number of halogens is 1. The highest BCUT2D eigenvalue weighted by atomic mass is 35.5. The van der Waals surface area contributed by atoms with E-state index in [1.54, 1.807) is 6.07 Å². The summed E-state index contributed by atoms with van der Waals surface area (Å²) >= 11 is 5.97. The Morgan fingerprint density at radius 3 is 2.52 bits per heavy atom. The van der Waals surface area contributed by atoms with Crippen LogP contribution in [0, 0.1) is 0 Å². The van der Waals surface area contributed by atoms with Gasteiger partial charge in [-0.3, -0.25) is 0 Å². The molecule has 1 aromatic heterocycles. The van der Waals surface area contributed by atoms with E-state index < -0.39 is 0 Å². The standard InChI is InChI=1S/C16H19ClN2O2/c1-3-5-12-6-8-13(9-7-12)21-16-10-14(17)18-15(19-16)11-20-4-2/h6-10H,3-5,11H2,1-2H3. The van der Waals surface area contributed by atoms with Crippen molar-refractivity contribution in [3.05, 3.63) is 46.9 Å². The minimum Gasteiger partial charge on any atom is -0.439 e. The molecule has 4 nitrogen and oxygen atoms in total. The highest BCUT2D eigenvalue weighted by Gasteiger charge is 2.06. The summed E-state index contributed by atoms with van der Waals surface area (Å²) < 4.78 is 11.0. The number of ether oxygens (including phenoxy) is 2. The quantitative estimate of drug-likeness (QED) is 0.711. The molecule has 0 amide bonds. The fraction of sp³-hybridized carbons (Fsp3) is 0.375. The lowest BCUT2D eigenvalue weighted by molar-refractivity contribution is 0.128. The first-order valence-corrected chi connectivity index (χ1v) is 7.47. The molecule has 0 spiro atoms. The van der Waals surface area contributed by atoms with Gasteiger partial charge < -0.3 is 9.47 Å². The number of aromatic nitrogens is 2. The van der Waals surface area contributed by atoms with Crippen LogP contribution >= 0.6 is 11.6 Å². The van der Waals surface area contributed by atoms with Gasteiger partial charge in [-0.05, 0) is 31.0 Å². The molecule has 21 heavy (non-hydrogen) atoms. The van der Waals surface area contributed by atoms with Gasteiger partial charge in [0.1, 0.15) is 17.5 Å². The zero-order chi connectivity index (χ0) is 15.1. The van der Waals surface area contributed by atoms with E-state index in [1.807, 2.05) is 19.1 Å². The Hall–Kier alpha value is -1.65. The SMILES string of the molecule is CCCc1ccc(Oc2cc(Cl)nc(COCC)n2)cc1. The molecule has 0 saturated heterocycles. The van der Waals surface area contributed by atoms with Crippen molar-refractivity contribution in [1.82, 2.24) is 9.97 Å². The summed E-state index contributed by atoms with van der Waals surface area (Å²) in [4.78, 5) is 8.38. The van der Waals surface area contributed by atoms with Gasteiger partial charge in [-0.25, -0.2) is 4.98 Å². The Morgan fingerprint density at radius 1 is 1.10 bits per heavy atom. The molecule has 1 aromatic carbocycles. The van der Waals surface area contributed by atoms with Crippen molar-refractivity contribution in [2.45, 2.75) is 33.3 Å². The molecule has 112 valence electrons. The van der Waals surface area contributed by atoms with E-state index in [9.17, 15) is 0 Å². The van der Waals surface area contributed by atoms with E-state index in [4.69, 9.17) is 21.1 Å². The van der Waals surface area contributed by atoms with Crippen molar-refractivity contribution in [2.75, 3.05) is 6.61 Å². The Balaban J connectivity index is 2.09. The lowest BCUT2D eigenvalue weighted by atomic mass is 10.1. The predicted molar refractivity (Wildman–Crippen MR) is 82.9 cm³/mol. The van der Waals surface area contributed by atoms with Crippen LogP contribution in [-0.2, 0) is 17.8 Å². The fourth-order valence-electron chi connectivity index (χ4n) is 1.89. The molecule has 0 fully saturated rings. The lowest BCUT2D eigenvalue weighted by Gasteiger charge is -2.08. The molecule has 0 unspecified atom stereocenters. The van der Waals surface area contributed by atoms with E-state index in [-0.39, 0.29) is 0 Å². The van der Waals surface area contributed by atoms with Gasteiger partial charge >= 0.3 is 0 Å². The molecule has 5 heteroatoms. The zero-order valence-electron chi connectivity index (χ0n) is 12.3. The van der Waals surface area contributed by atoms with Crippen LogP contribution in [0.15, 0.2) is 30.3 Å². The Kier molecular flexibility index (Phi) is 5.96. The Morgan fingerprint density at radius 2 is 1.86 bits per heavy atom. The van der Waals surface area contributed by atoms with Crippen molar-refractivity contribution in [3.63, 3.8) is 0 Å². The third kappa shape index (κ3) is 4.99. The molecule has 2 aromatic rings. The van der Waals surface area contributed by atoms with Crippen LogP contribution in [0.4, 0.5) is 0 Å². The van der Waals surface area contributed by atoms with Crippen LogP contribution < -0.4 is 4.74 Å². The summed E-state index contributed by atoms with van der Waals surface area (Å²) in [5, 5.41) is 0.345. The van der Waals surface area contributed by atoms with Crippen molar-refractivity contribution in [2.24, 2.45) is 0 Å². The van der Waals surface area contributed by atoms with Crippen LogP contribution in [0.25, 0.3) is 0 Å². The molecule has 0 saturated carbocycles. The number of rotatable bonds is 7. The molecular weight excluding hydrogens is 288 g/mol. The average Bonchev–Trinajstić information content (AvgIpc) is 2.47. The van der Waals surface area contributed by atoms with E-state index >= 15 is 0 Å². The molecule has 0 N–H and O–H groups in total. The highest BCUT2D eigenvalue weighted by Crippen LogP contribution is 2.22. The molecule has 0 aliphatic heterocycles. The van der Waals surface area contributed by atoms with Crippen LogP contribution in [0.5, 0.6) is 11.6 Å². The maximum Gasteiger partial charge on any atom is 0.224 e. The van der Waals surface area contributed by atoms with Gasteiger partial charge in [0.05, 0.1) is 0 Å². The summed E-state index contributed by atoms with van der Waals surface area (Å²) in [5.41, 5.74) is 1.29. The van der Waals surface area contributed by atoms with Crippen LogP contribution in [0.2, 0.25) is 5.15 Å². The van der Waals surface area contributed by atoms with E-state index in [1.165, 1.54) is 5.56 Å². The van der Waals surface area contributed by atoms with Crippen LogP contribution in [-0.4, -0.2) is 16.6 Å². The number of aryl methyl sites for hydroxylation is 1. The molecule has 0 aliphatic carbocycles. The topological polar surface area (TPSA) is 44.2 Å². The maximum atomic E-state index is 5.97. The van der Waals surface area contributed by atoms with Crippen molar-refractivity contribution < 1.29 is 9.47 Å². The van der Waals surface area contributed by atoms with E-state index in [0.717, 1.165) is 18.6 Å². The number of benzene rings is 1. The lowest BCUT2D eigenvalue weighted by Crippen LogP contribution is -2.01. The van der Waals surface area contributed by atoms with Gasteiger partial charge in [-0.15, -0.1) is 0 Å². The summed E-state index contributed by atoms with van der Waals surface area (Å²) in [6, 6.07) is 9.58. The smallest absolute Gasteiger partial charge is 0.224 e. The summed E-state index contributed by atoms with van der Waals surface area (Å²) in [6.45, 7) is 5.00. The minimum atomic E-state index is 0.322. The van der Waals surface area contributed by atoms with Gasteiger partial charge in [0, 0.05) is 12.7 Å². The Bertz CT molecular complexity index is 573. The number of hydrogen-bond donors (Lipinski definition) is 0. The van der Waals surface area contributed by atoms with Gasteiger partial charge in [0.25, 0.3) is 0 Å². The van der Waals surface area contributed by atoms with Crippen molar-refractivity contribution in [3.8, 4) is 11.6 Å². The highest BCUT2D eigenvalue weighted by molar-refractivity contribution is 6.29. The van der Waals surface area contributed by atoms with E-state index in [0.29, 0.717) is 30.1 Å². The first-order chi connectivity index (χ1) is 10.2. The first-order valence-electron chi connectivity index (χ1n) is 7.09. The average molecular weight is 307 g/mol. The first kappa shape index (κ1) is 15.7. The molecule has 0 aliphatic rings. The van der Waals surface area contributed by atoms with Crippen LogP contribution in [0.1, 0.15) is 31.7 Å².